The standard InChI is InChI=1S/C26H27ClN2O/c1-29(2,18-19-10-11-20-6-3-4-7-22(20)16-19)26(30)28-25-14-12-21(13-15-25)23-8-5-9-24(27)17-23/h3-9,12-15,17,19H,10-11,16,18H2,1-2H3/p+1. The Morgan fingerprint density at radius 1 is 0.967 bits per heavy atom. The third kappa shape index (κ3) is 4.75. The maximum Gasteiger partial charge on any atom is 0.420 e. The normalized spacial score (nSPS) is 16.0. The van der Waals surface area contributed by atoms with Crippen molar-refractivity contribution in [2.24, 2.45) is 5.92 Å². The molecule has 0 aliphatic heterocycles. The van der Waals surface area contributed by atoms with Crippen LogP contribution in [0.3, 0.4) is 0 Å². The molecule has 1 unspecified atom stereocenters. The lowest BCUT2D eigenvalue weighted by Crippen LogP contribution is -2.51. The molecule has 3 aromatic carbocycles. The van der Waals surface area contributed by atoms with Gasteiger partial charge in [-0.1, -0.05) is 60.1 Å². The number of anilines is 1. The average Bonchev–Trinajstić information content (AvgIpc) is 2.74. The quantitative estimate of drug-likeness (QED) is 0.485. The van der Waals surface area contributed by atoms with Crippen molar-refractivity contribution in [3.63, 3.8) is 0 Å². The van der Waals surface area contributed by atoms with E-state index in [2.05, 4.69) is 29.6 Å². The number of quaternary nitrogens is 1. The summed E-state index contributed by atoms with van der Waals surface area (Å²) in [7, 11) is 3.99. The number of nitrogens with zero attached hydrogens (tertiary/aromatic N) is 1. The Labute approximate surface area is 183 Å². The summed E-state index contributed by atoms with van der Waals surface area (Å²) in [6.07, 6.45) is 3.30. The van der Waals surface area contributed by atoms with Gasteiger partial charge in [0.1, 0.15) is 0 Å². The monoisotopic (exact) mass is 419 g/mol. The second-order valence-electron chi connectivity index (χ2n) is 8.76. The molecule has 154 valence electrons. The number of aryl methyl sites for hydroxylation is 1. The number of rotatable bonds is 4. The summed E-state index contributed by atoms with van der Waals surface area (Å²) in [6.45, 7) is 0.834. The van der Waals surface area contributed by atoms with Crippen LogP contribution < -0.4 is 5.32 Å². The molecule has 0 saturated heterocycles. The van der Waals surface area contributed by atoms with E-state index in [0.717, 1.165) is 42.6 Å². The number of benzene rings is 3. The number of halogens is 1. The van der Waals surface area contributed by atoms with E-state index in [-0.39, 0.29) is 6.03 Å². The molecule has 4 heteroatoms. The van der Waals surface area contributed by atoms with Gasteiger partial charge in [0.25, 0.3) is 0 Å². The molecular formula is C26H28ClN2O+. The van der Waals surface area contributed by atoms with Crippen LogP contribution in [0.4, 0.5) is 10.5 Å². The molecule has 0 spiro atoms. The second kappa shape index (κ2) is 8.63. The van der Waals surface area contributed by atoms with Gasteiger partial charge < -0.3 is 0 Å². The van der Waals surface area contributed by atoms with Gasteiger partial charge in [-0.3, -0.25) is 5.32 Å². The Hall–Kier alpha value is -2.62. The highest BCUT2D eigenvalue weighted by Crippen LogP contribution is 2.28. The van der Waals surface area contributed by atoms with E-state index in [0.29, 0.717) is 15.4 Å². The summed E-state index contributed by atoms with van der Waals surface area (Å²) in [4.78, 5) is 13.0. The predicted molar refractivity (Wildman–Crippen MR) is 125 cm³/mol. The highest BCUT2D eigenvalue weighted by molar-refractivity contribution is 6.30. The fourth-order valence-corrected chi connectivity index (χ4v) is 4.54. The maximum atomic E-state index is 13.0. The number of urea groups is 1. The lowest BCUT2D eigenvalue weighted by atomic mass is 9.83. The Morgan fingerprint density at radius 3 is 2.43 bits per heavy atom. The highest BCUT2D eigenvalue weighted by atomic mass is 35.5. The van der Waals surface area contributed by atoms with Crippen LogP contribution in [0, 0.1) is 5.92 Å². The van der Waals surface area contributed by atoms with Gasteiger partial charge in [0.05, 0.1) is 20.6 Å². The maximum absolute atomic E-state index is 13.0. The van der Waals surface area contributed by atoms with Crippen molar-refractivity contribution >= 4 is 23.3 Å². The van der Waals surface area contributed by atoms with Gasteiger partial charge in [-0.2, -0.15) is 0 Å². The summed E-state index contributed by atoms with van der Waals surface area (Å²) in [5.41, 5.74) is 5.85. The van der Waals surface area contributed by atoms with E-state index in [4.69, 9.17) is 11.6 Å². The largest absolute Gasteiger partial charge is 0.420 e. The summed E-state index contributed by atoms with van der Waals surface area (Å²) in [5.74, 6) is 0.519. The molecule has 0 bridgehead atoms. The molecule has 1 aliphatic carbocycles. The SMILES string of the molecule is C[N+](C)(CC1CCc2ccccc2C1)C(=O)Nc1ccc(-c2cccc(Cl)c2)cc1. The van der Waals surface area contributed by atoms with Crippen molar-refractivity contribution in [2.75, 3.05) is 26.0 Å². The van der Waals surface area contributed by atoms with Crippen LogP contribution in [0.15, 0.2) is 72.8 Å². The lowest BCUT2D eigenvalue weighted by Gasteiger charge is -2.33. The van der Waals surface area contributed by atoms with Crippen molar-refractivity contribution < 1.29 is 9.28 Å². The van der Waals surface area contributed by atoms with Gasteiger partial charge >= 0.3 is 6.03 Å². The van der Waals surface area contributed by atoms with Crippen LogP contribution in [-0.4, -0.2) is 31.2 Å². The zero-order valence-corrected chi connectivity index (χ0v) is 18.3. The molecule has 1 N–H and O–H groups in total. The third-order valence-corrected chi connectivity index (χ3v) is 6.24. The third-order valence-electron chi connectivity index (χ3n) is 6.01. The first-order chi connectivity index (χ1) is 14.4. The summed E-state index contributed by atoms with van der Waals surface area (Å²) < 4.78 is 0.322. The average molecular weight is 420 g/mol. The van der Waals surface area contributed by atoms with Crippen molar-refractivity contribution in [2.45, 2.75) is 19.3 Å². The molecule has 0 radical (unpaired) electrons. The van der Waals surface area contributed by atoms with Gasteiger partial charge in [0.15, 0.2) is 0 Å². The number of hydrogen-bond acceptors (Lipinski definition) is 1. The minimum absolute atomic E-state index is 0.0179. The minimum Gasteiger partial charge on any atom is -0.275 e. The summed E-state index contributed by atoms with van der Waals surface area (Å²) in [6, 6.07) is 24.4. The molecule has 0 heterocycles. The van der Waals surface area contributed by atoms with E-state index >= 15 is 0 Å². The van der Waals surface area contributed by atoms with E-state index in [1.807, 2.05) is 62.6 Å². The zero-order valence-electron chi connectivity index (χ0n) is 17.6. The second-order valence-corrected chi connectivity index (χ2v) is 9.20. The topological polar surface area (TPSA) is 29.1 Å². The number of hydrogen-bond donors (Lipinski definition) is 1. The molecule has 0 fully saturated rings. The van der Waals surface area contributed by atoms with E-state index in [1.54, 1.807) is 0 Å². The Morgan fingerprint density at radius 2 is 1.70 bits per heavy atom. The van der Waals surface area contributed by atoms with E-state index in [9.17, 15) is 4.79 Å². The lowest BCUT2D eigenvalue weighted by molar-refractivity contribution is -0.810. The zero-order chi connectivity index (χ0) is 21.1. The molecule has 1 aliphatic rings. The number of amides is 2. The Kier molecular flexibility index (Phi) is 5.94. The van der Waals surface area contributed by atoms with Crippen LogP contribution in [0.2, 0.25) is 5.02 Å². The van der Waals surface area contributed by atoms with E-state index < -0.39 is 0 Å². The van der Waals surface area contributed by atoms with Crippen LogP contribution in [0.5, 0.6) is 0 Å². The number of carbonyl (C=O) groups is 1. The highest BCUT2D eigenvalue weighted by Gasteiger charge is 2.32. The molecule has 30 heavy (non-hydrogen) atoms. The van der Waals surface area contributed by atoms with Crippen LogP contribution in [0.1, 0.15) is 17.5 Å². The molecule has 3 nitrogen and oxygen atoms in total. The molecule has 1 atom stereocenters. The van der Waals surface area contributed by atoms with Crippen LogP contribution in [-0.2, 0) is 12.8 Å². The van der Waals surface area contributed by atoms with Gasteiger partial charge in [-0.15, -0.1) is 0 Å². The number of nitrogens with one attached hydrogen (secondary N) is 1. The molecule has 0 saturated carbocycles. The van der Waals surface area contributed by atoms with Gasteiger partial charge in [0, 0.05) is 16.6 Å². The van der Waals surface area contributed by atoms with Gasteiger partial charge in [-0.05, 0) is 65.8 Å². The predicted octanol–water partition coefficient (Wildman–Crippen LogP) is 6.42. The Balaban J connectivity index is 1.39. The van der Waals surface area contributed by atoms with Crippen molar-refractivity contribution in [3.05, 3.63) is 88.9 Å². The van der Waals surface area contributed by atoms with Crippen LogP contribution in [0.25, 0.3) is 11.1 Å². The fourth-order valence-electron chi connectivity index (χ4n) is 4.35. The molecule has 3 aromatic rings. The fraction of sp³-hybridized carbons (Fsp3) is 0.269. The number of fused-ring (bicyclic) bond motifs is 1. The first-order valence-corrected chi connectivity index (χ1v) is 10.9. The molecular weight excluding hydrogens is 392 g/mol. The van der Waals surface area contributed by atoms with Gasteiger partial charge in [0.2, 0.25) is 0 Å². The molecule has 2 amide bonds. The summed E-state index contributed by atoms with van der Waals surface area (Å²) >= 11 is 6.09. The van der Waals surface area contributed by atoms with Crippen molar-refractivity contribution in [1.29, 1.82) is 0 Å². The Bertz CT molecular complexity index is 1040. The van der Waals surface area contributed by atoms with Crippen molar-refractivity contribution in [1.82, 2.24) is 0 Å². The van der Waals surface area contributed by atoms with E-state index in [1.165, 1.54) is 11.1 Å². The molecule has 0 aromatic heterocycles. The smallest absolute Gasteiger partial charge is 0.275 e. The number of carbonyl (C=O) groups excluding carboxylic acids is 1. The van der Waals surface area contributed by atoms with Crippen LogP contribution >= 0.6 is 11.6 Å². The first kappa shape index (κ1) is 20.6. The van der Waals surface area contributed by atoms with Crippen molar-refractivity contribution in [3.8, 4) is 11.1 Å². The molecule has 4 rings (SSSR count). The minimum atomic E-state index is 0.0179. The first-order valence-electron chi connectivity index (χ1n) is 10.5. The summed E-state index contributed by atoms with van der Waals surface area (Å²) in [5, 5.41) is 3.81. The van der Waals surface area contributed by atoms with Gasteiger partial charge in [-0.25, -0.2) is 9.28 Å².